The standard InChI is InChI=1S/C24H26ClN3O3/c25-18-6-3-5-17(12-18)23(30)28-20-7-2-1-4-16(20)13-21(28)24(31)27-11-9-15-8-10-26-22(29)19(15)14-27/h3,5-6,8,10,12,16,20-21H,1-2,4,7,9,11,13-14H2,(H,26,29)/t16-,20-,21-/m0/s1. The molecule has 6 nitrogen and oxygen atoms in total. The Balaban J connectivity index is 1.45. The van der Waals surface area contributed by atoms with Gasteiger partial charge in [0.15, 0.2) is 0 Å². The smallest absolute Gasteiger partial charge is 0.254 e. The number of fused-ring (bicyclic) bond motifs is 2. The molecule has 1 saturated carbocycles. The molecule has 31 heavy (non-hydrogen) atoms. The zero-order valence-corrected chi connectivity index (χ0v) is 18.1. The number of hydrogen-bond donors (Lipinski definition) is 1. The van der Waals surface area contributed by atoms with Crippen LogP contribution in [-0.2, 0) is 17.8 Å². The predicted octanol–water partition coefficient (Wildman–Crippen LogP) is 3.39. The number of nitrogens with zero attached hydrogens (tertiary/aromatic N) is 2. The average molecular weight is 440 g/mol. The summed E-state index contributed by atoms with van der Waals surface area (Å²) in [7, 11) is 0. The lowest BCUT2D eigenvalue weighted by Crippen LogP contribution is -2.52. The summed E-state index contributed by atoms with van der Waals surface area (Å²) in [5.74, 6) is 0.190. The van der Waals surface area contributed by atoms with Gasteiger partial charge in [-0.2, -0.15) is 0 Å². The fraction of sp³-hybridized carbons (Fsp3) is 0.458. The number of carbonyl (C=O) groups excluding carboxylic acids is 2. The lowest BCUT2D eigenvalue weighted by Gasteiger charge is -2.36. The van der Waals surface area contributed by atoms with E-state index in [1.165, 1.54) is 0 Å². The summed E-state index contributed by atoms with van der Waals surface area (Å²) < 4.78 is 0. The molecule has 3 atom stereocenters. The highest BCUT2D eigenvalue weighted by Gasteiger charge is 2.48. The fourth-order valence-electron chi connectivity index (χ4n) is 5.63. The van der Waals surface area contributed by atoms with Crippen LogP contribution in [0.25, 0.3) is 0 Å². The normalized spacial score (nSPS) is 25.1. The predicted molar refractivity (Wildman–Crippen MR) is 118 cm³/mol. The number of rotatable bonds is 2. The zero-order chi connectivity index (χ0) is 21.5. The van der Waals surface area contributed by atoms with Crippen molar-refractivity contribution in [1.29, 1.82) is 0 Å². The second-order valence-corrected chi connectivity index (χ2v) is 9.34. The Morgan fingerprint density at radius 1 is 1.13 bits per heavy atom. The minimum Gasteiger partial charge on any atom is -0.336 e. The van der Waals surface area contributed by atoms with Gasteiger partial charge in [0.05, 0.1) is 6.54 Å². The molecule has 1 N–H and O–H groups in total. The Bertz CT molecular complexity index is 1080. The van der Waals surface area contributed by atoms with Gasteiger partial charge in [-0.05, 0) is 61.4 Å². The second kappa shape index (κ2) is 8.15. The molecule has 7 heteroatoms. The van der Waals surface area contributed by atoms with Crippen molar-refractivity contribution in [3.8, 4) is 0 Å². The molecule has 5 rings (SSSR count). The number of aromatic amines is 1. The van der Waals surface area contributed by atoms with Crippen molar-refractivity contribution in [2.24, 2.45) is 5.92 Å². The van der Waals surface area contributed by atoms with E-state index in [1.807, 2.05) is 11.0 Å². The summed E-state index contributed by atoms with van der Waals surface area (Å²) >= 11 is 6.14. The maximum Gasteiger partial charge on any atom is 0.254 e. The molecular weight excluding hydrogens is 414 g/mol. The third-order valence-electron chi connectivity index (χ3n) is 7.15. The van der Waals surface area contributed by atoms with Gasteiger partial charge in [0.1, 0.15) is 6.04 Å². The first-order chi connectivity index (χ1) is 15.0. The van der Waals surface area contributed by atoms with Gasteiger partial charge in [0, 0.05) is 34.9 Å². The van der Waals surface area contributed by atoms with Crippen molar-refractivity contribution in [2.75, 3.05) is 6.54 Å². The van der Waals surface area contributed by atoms with E-state index in [0.717, 1.165) is 31.2 Å². The highest BCUT2D eigenvalue weighted by Crippen LogP contribution is 2.41. The highest BCUT2D eigenvalue weighted by atomic mass is 35.5. The number of nitrogens with one attached hydrogen (secondary N) is 1. The SMILES string of the molecule is O=C([C@@H]1C[C@@H]2CCCC[C@@H]2N1C(=O)c1cccc(Cl)c1)N1CCc2cc[nH]c(=O)c2C1. The minimum absolute atomic E-state index is 0.0429. The lowest BCUT2D eigenvalue weighted by atomic mass is 9.84. The second-order valence-electron chi connectivity index (χ2n) is 8.91. The van der Waals surface area contributed by atoms with Crippen LogP contribution >= 0.6 is 11.6 Å². The van der Waals surface area contributed by atoms with Crippen LogP contribution in [0, 0.1) is 5.92 Å². The van der Waals surface area contributed by atoms with E-state index >= 15 is 0 Å². The van der Waals surface area contributed by atoms with Gasteiger partial charge in [0.2, 0.25) is 5.91 Å². The largest absolute Gasteiger partial charge is 0.336 e. The molecule has 1 aromatic heterocycles. The van der Waals surface area contributed by atoms with Crippen LogP contribution in [0.3, 0.4) is 0 Å². The molecule has 3 heterocycles. The van der Waals surface area contributed by atoms with Crippen molar-refractivity contribution < 1.29 is 9.59 Å². The number of amides is 2. The van der Waals surface area contributed by atoms with Gasteiger partial charge in [-0.25, -0.2) is 0 Å². The summed E-state index contributed by atoms with van der Waals surface area (Å²) in [5, 5.41) is 0.514. The summed E-state index contributed by atoms with van der Waals surface area (Å²) in [6.07, 6.45) is 7.23. The van der Waals surface area contributed by atoms with Crippen LogP contribution < -0.4 is 5.56 Å². The van der Waals surface area contributed by atoms with Gasteiger partial charge in [-0.15, -0.1) is 0 Å². The third kappa shape index (κ3) is 3.67. The van der Waals surface area contributed by atoms with E-state index < -0.39 is 6.04 Å². The summed E-state index contributed by atoms with van der Waals surface area (Å²) in [4.78, 5) is 45.8. The molecular formula is C24H26ClN3O3. The van der Waals surface area contributed by atoms with Crippen LogP contribution in [0.4, 0.5) is 0 Å². The van der Waals surface area contributed by atoms with E-state index in [9.17, 15) is 14.4 Å². The molecule has 1 aliphatic carbocycles. The maximum atomic E-state index is 13.7. The molecule has 2 amide bonds. The van der Waals surface area contributed by atoms with Crippen molar-refractivity contribution in [1.82, 2.24) is 14.8 Å². The van der Waals surface area contributed by atoms with Crippen LogP contribution in [0.15, 0.2) is 41.3 Å². The van der Waals surface area contributed by atoms with Gasteiger partial charge in [-0.1, -0.05) is 30.5 Å². The first-order valence-electron chi connectivity index (χ1n) is 11.1. The number of likely N-dealkylation sites (tertiary alicyclic amines) is 1. The van der Waals surface area contributed by atoms with E-state index in [-0.39, 0.29) is 23.4 Å². The van der Waals surface area contributed by atoms with Crippen LogP contribution in [0.2, 0.25) is 5.02 Å². The Kier molecular flexibility index (Phi) is 5.34. The Hall–Kier alpha value is -2.60. The summed E-state index contributed by atoms with van der Waals surface area (Å²) in [5.41, 5.74) is 2.05. The number of hydrogen-bond acceptors (Lipinski definition) is 3. The van der Waals surface area contributed by atoms with Crippen molar-refractivity contribution in [3.63, 3.8) is 0 Å². The first-order valence-corrected chi connectivity index (χ1v) is 11.5. The van der Waals surface area contributed by atoms with Gasteiger partial charge >= 0.3 is 0 Å². The van der Waals surface area contributed by atoms with Crippen LogP contribution in [0.1, 0.15) is 53.6 Å². The zero-order valence-electron chi connectivity index (χ0n) is 17.4. The number of aromatic nitrogens is 1. The summed E-state index contributed by atoms with van der Waals surface area (Å²) in [6, 6.07) is 8.49. The van der Waals surface area contributed by atoms with E-state index in [0.29, 0.717) is 48.0 Å². The van der Waals surface area contributed by atoms with Gasteiger partial charge in [0.25, 0.3) is 11.5 Å². The number of benzene rings is 1. The van der Waals surface area contributed by atoms with E-state index in [4.69, 9.17) is 11.6 Å². The van der Waals surface area contributed by atoms with E-state index in [1.54, 1.807) is 35.4 Å². The van der Waals surface area contributed by atoms with Crippen LogP contribution in [-0.4, -0.2) is 45.2 Å². The molecule has 2 fully saturated rings. The quantitative estimate of drug-likeness (QED) is 0.779. The van der Waals surface area contributed by atoms with E-state index in [2.05, 4.69) is 4.98 Å². The molecule has 162 valence electrons. The van der Waals surface area contributed by atoms with Gasteiger partial charge in [-0.3, -0.25) is 14.4 Å². The lowest BCUT2D eigenvalue weighted by molar-refractivity contribution is -0.136. The third-order valence-corrected chi connectivity index (χ3v) is 7.39. The number of halogens is 1. The molecule has 0 bridgehead atoms. The molecule has 3 aliphatic rings. The van der Waals surface area contributed by atoms with Crippen molar-refractivity contribution in [2.45, 2.75) is 57.2 Å². The number of H-pyrrole nitrogens is 1. The molecule has 1 aromatic carbocycles. The number of carbonyl (C=O) groups is 2. The van der Waals surface area contributed by atoms with Crippen LogP contribution in [0.5, 0.6) is 0 Å². The molecule has 1 saturated heterocycles. The Morgan fingerprint density at radius 3 is 2.81 bits per heavy atom. The molecule has 2 aliphatic heterocycles. The highest BCUT2D eigenvalue weighted by molar-refractivity contribution is 6.31. The van der Waals surface area contributed by atoms with Crippen molar-refractivity contribution in [3.05, 3.63) is 68.6 Å². The fourth-order valence-corrected chi connectivity index (χ4v) is 5.82. The first kappa shape index (κ1) is 20.3. The molecule has 2 aromatic rings. The number of pyridine rings is 1. The summed E-state index contributed by atoms with van der Waals surface area (Å²) in [6.45, 7) is 0.871. The maximum absolute atomic E-state index is 13.7. The minimum atomic E-state index is -0.482. The Morgan fingerprint density at radius 2 is 1.97 bits per heavy atom. The Labute approximate surface area is 186 Å². The topological polar surface area (TPSA) is 73.5 Å². The molecule has 0 unspecified atom stereocenters. The monoisotopic (exact) mass is 439 g/mol. The molecule has 0 radical (unpaired) electrons. The van der Waals surface area contributed by atoms with Gasteiger partial charge < -0.3 is 14.8 Å². The average Bonchev–Trinajstić information content (AvgIpc) is 3.18. The van der Waals surface area contributed by atoms with Crippen molar-refractivity contribution >= 4 is 23.4 Å². The molecule has 0 spiro atoms.